The highest BCUT2D eigenvalue weighted by atomic mass is 16.3. The van der Waals surface area contributed by atoms with E-state index in [4.69, 9.17) is 5.11 Å². The van der Waals surface area contributed by atoms with Gasteiger partial charge in [0.25, 0.3) is 0 Å². The third-order valence-electron chi connectivity index (χ3n) is 0.556. The van der Waals surface area contributed by atoms with E-state index in [0.717, 1.165) is 0 Å². The normalized spacial score (nSPS) is 14.2. The van der Waals surface area contributed by atoms with Crippen molar-refractivity contribution >= 4 is 5.90 Å². The third kappa shape index (κ3) is 5.47. The van der Waals surface area contributed by atoms with Gasteiger partial charge in [0.1, 0.15) is 0 Å². The first kappa shape index (κ1) is 7.47. The molecule has 0 radical (unpaired) electrons. The Kier molecular flexibility index (Phi) is 2.02. The van der Waals surface area contributed by atoms with Gasteiger partial charge in [0.05, 0.1) is 6.92 Å². The van der Waals surface area contributed by atoms with E-state index in [1.54, 1.807) is 6.92 Å². The zero-order valence-electron chi connectivity index (χ0n) is 5.95. The van der Waals surface area contributed by atoms with E-state index < -0.39 is 0 Å². The minimum atomic E-state index is -0.0150. The quantitative estimate of drug-likeness (QED) is 0.335. The summed E-state index contributed by atoms with van der Waals surface area (Å²) in [5.74, 6) is 0.275. The summed E-state index contributed by atoms with van der Waals surface area (Å²) in [5.41, 5.74) is -0.0150. The summed E-state index contributed by atoms with van der Waals surface area (Å²) >= 11 is 0. The lowest BCUT2D eigenvalue weighted by atomic mass is 10.1. The Morgan fingerprint density at radius 2 is 1.75 bits per heavy atom. The molecule has 0 aliphatic rings. The molecule has 0 aromatic heterocycles. The smallest absolute Gasteiger partial charge is 0.329 e. The number of aliphatic hydroxyl groups excluding tert-OH is 1. The predicted molar refractivity (Wildman–Crippen MR) is 34.0 cm³/mol. The van der Waals surface area contributed by atoms with Crippen molar-refractivity contribution in [1.29, 1.82) is 0 Å². The van der Waals surface area contributed by atoms with Crippen LogP contribution >= 0.6 is 0 Å². The van der Waals surface area contributed by atoms with Crippen LogP contribution in [0.3, 0.4) is 0 Å². The molecule has 0 rings (SSSR count). The first-order chi connectivity index (χ1) is 3.42. The molecule has 0 fully saturated rings. The Labute approximate surface area is 50.3 Å². The molecule has 0 aromatic rings. The number of hydrogen-bond acceptors (Lipinski definition) is 0. The zero-order valence-corrected chi connectivity index (χ0v) is 5.95. The molecule has 2 heteroatoms. The highest BCUT2D eigenvalue weighted by Crippen LogP contribution is 1.85. The Morgan fingerprint density at radius 3 is 1.75 bits per heavy atom. The molecule has 0 heterocycles. The lowest BCUT2D eigenvalue weighted by molar-refractivity contribution is -0.546. The molecule has 0 saturated heterocycles. The molecule has 0 amide bonds. The Balaban J connectivity index is 3.89. The second kappa shape index (κ2) is 2.16. The topological polar surface area (TPSA) is 34.2 Å². The highest BCUT2D eigenvalue weighted by Gasteiger charge is 2.13. The van der Waals surface area contributed by atoms with Gasteiger partial charge in [-0.3, -0.25) is 0 Å². The molecule has 0 aliphatic heterocycles. The van der Waals surface area contributed by atoms with Gasteiger partial charge in [0, 0.05) is 0 Å². The van der Waals surface area contributed by atoms with E-state index in [2.05, 4.69) is 4.99 Å². The fourth-order valence-electron chi connectivity index (χ4n) is 0.543. The Hall–Kier alpha value is -0.530. The van der Waals surface area contributed by atoms with Gasteiger partial charge >= 0.3 is 5.90 Å². The van der Waals surface area contributed by atoms with Crippen LogP contribution < -0.4 is 4.99 Å². The summed E-state index contributed by atoms with van der Waals surface area (Å²) < 4.78 is 0. The van der Waals surface area contributed by atoms with Crippen LogP contribution in [0.15, 0.2) is 0 Å². The lowest BCUT2D eigenvalue weighted by Crippen LogP contribution is -2.84. The maximum absolute atomic E-state index is 8.69. The Morgan fingerprint density at radius 1 is 1.38 bits per heavy atom. The van der Waals surface area contributed by atoms with E-state index >= 15 is 0 Å². The molecule has 8 heavy (non-hydrogen) atoms. The summed E-state index contributed by atoms with van der Waals surface area (Å²) in [6.45, 7) is 7.61. The van der Waals surface area contributed by atoms with Gasteiger partial charge in [0.2, 0.25) is 0 Å². The van der Waals surface area contributed by atoms with Gasteiger partial charge in [-0.25, -0.2) is 4.99 Å². The van der Waals surface area contributed by atoms with Crippen molar-refractivity contribution in [2.75, 3.05) is 0 Å². The molecule has 0 unspecified atom stereocenters. The van der Waals surface area contributed by atoms with Crippen LogP contribution in [0.2, 0.25) is 0 Å². The van der Waals surface area contributed by atoms with E-state index in [9.17, 15) is 0 Å². The van der Waals surface area contributed by atoms with E-state index in [1.807, 2.05) is 20.8 Å². The zero-order chi connectivity index (χ0) is 6.78. The van der Waals surface area contributed by atoms with Crippen molar-refractivity contribution in [2.45, 2.75) is 33.2 Å². The third-order valence-corrected chi connectivity index (χ3v) is 0.556. The van der Waals surface area contributed by atoms with Gasteiger partial charge in [-0.1, -0.05) is 0 Å². The molecule has 0 spiro atoms. The molecule has 0 saturated carbocycles. The van der Waals surface area contributed by atoms with Crippen molar-refractivity contribution < 1.29 is 10.1 Å². The number of nitrogens with one attached hydrogen (secondary N) is 1. The molecular formula is C6H14NO+. The van der Waals surface area contributed by atoms with Gasteiger partial charge in [-0.05, 0) is 20.8 Å². The molecule has 2 N–H and O–H groups in total. The maximum atomic E-state index is 8.69. The van der Waals surface area contributed by atoms with Crippen LogP contribution in [-0.4, -0.2) is 16.5 Å². The summed E-state index contributed by atoms with van der Waals surface area (Å²) in [6, 6.07) is 0. The molecule has 2 nitrogen and oxygen atoms in total. The largest absolute Gasteiger partial charge is 0.464 e. The van der Waals surface area contributed by atoms with Crippen molar-refractivity contribution in [3.63, 3.8) is 0 Å². The molecule has 0 atom stereocenters. The monoisotopic (exact) mass is 116 g/mol. The Bertz CT molecular complexity index is 95.6. The standard InChI is InChI=1S/C6H13NO/c1-5(8)7-6(2,3)4/h1-4H3,(H,7,8)/p+1. The first-order valence-electron chi connectivity index (χ1n) is 2.72. The second-order valence-corrected chi connectivity index (χ2v) is 2.96. The van der Waals surface area contributed by atoms with Crippen molar-refractivity contribution in [3.8, 4) is 0 Å². The fraction of sp³-hybridized carbons (Fsp3) is 0.833. The number of rotatable bonds is 0. The average molecular weight is 116 g/mol. The summed E-state index contributed by atoms with van der Waals surface area (Å²) in [4.78, 5) is 2.85. The van der Waals surface area contributed by atoms with Crippen LogP contribution in [0.25, 0.3) is 0 Å². The molecule has 0 aliphatic carbocycles. The van der Waals surface area contributed by atoms with Crippen molar-refractivity contribution in [2.24, 2.45) is 0 Å². The van der Waals surface area contributed by atoms with Gasteiger partial charge in [0.15, 0.2) is 5.54 Å². The van der Waals surface area contributed by atoms with Crippen LogP contribution in [0.5, 0.6) is 0 Å². The summed E-state index contributed by atoms with van der Waals surface area (Å²) in [6.07, 6.45) is 0. The van der Waals surface area contributed by atoms with Crippen molar-refractivity contribution in [1.82, 2.24) is 0 Å². The van der Waals surface area contributed by atoms with E-state index in [1.165, 1.54) is 0 Å². The average Bonchev–Trinajstić information content (AvgIpc) is 1.21. The van der Waals surface area contributed by atoms with E-state index in [-0.39, 0.29) is 11.4 Å². The van der Waals surface area contributed by atoms with E-state index in [0.29, 0.717) is 0 Å². The van der Waals surface area contributed by atoms with Crippen LogP contribution in [-0.2, 0) is 0 Å². The summed E-state index contributed by atoms with van der Waals surface area (Å²) in [5, 5.41) is 8.69. The molecular weight excluding hydrogens is 102 g/mol. The highest BCUT2D eigenvalue weighted by molar-refractivity contribution is 5.63. The molecule has 0 bridgehead atoms. The van der Waals surface area contributed by atoms with Gasteiger partial charge in [-0.15, -0.1) is 0 Å². The van der Waals surface area contributed by atoms with Gasteiger partial charge < -0.3 is 5.11 Å². The van der Waals surface area contributed by atoms with Crippen LogP contribution in [0, 0.1) is 0 Å². The van der Waals surface area contributed by atoms with Crippen LogP contribution in [0.1, 0.15) is 27.7 Å². The first-order valence-corrected chi connectivity index (χ1v) is 2.72. The predicted octanol–water partition coefficient (Wildman–Crippen LogP) is -0.158. The SMILES string of the molecule is CC(O)=[NH+]C(C)(C)C. The maximum Gasteiger partial charge on any atom is 0.329 e. The minimum Gasteiger partial charge on any atom is -0.464 e. The number of aliphatic hydroxyl groups is 1. The molecule has 0 aromatic carbocycles. The lowest BCUT2D eigenvalue weighted by Gasteiger charge is -2.03. The van der Waals surface area contributed by atoms with Crippen LogP contribution in [0.4, 0.5) is 0 Å². The molecule has 48 valence electrons. The fourth-order valence-corrected chi connectivity index (χ4v) is 0.543. The van der Waals surface area contributed by atoms with Crippen molar-refractivity contribution in [3.05, 3.63) is 0 Å². The number of hydrogen-bond donors (Lipinski definition) is 2. The second-order valence-electron chi connectivity index (χ2n) is 2.96. The summed E-state index contributed by atoms with van der Waals surface area (Å²) in [7, 11) is 0. The van der Waals surface area contributed by atoms with Gasteiger partial charge in [-0.2, -0.15) is 0 Å². The minimum absolute atomic E-state index is 0.0150.